The van der Waals surface area contributed by atoms with Crippen molar-refractivity contribution in [1.82, 2.24) is 9.88 Å². The Bertz CT molecular complexity index is 1760. The average Bonchev–Trinajstić information content (AvgIpc) is 3.63. The second-order valence-corrected chi connectivity index (χ2v) is 17.3. The van der Waals surface area contributed by atoms with Gasteiger partial charge in [-0.2, -0.15) is 0 Å². The van der Waals surface area contributed by atoms with Crippen LogP contribution in [0.4, 0.5) is 5.82 Å². The van der Waals surface area contributed by atoms with Crippen LogP contribution in [0.2, 0.25) is 0 Å². The number of thiophene rings is 1. The first-order valence-electron chi connectivity index (χ1n) is 17.9. The minimum absolute atomic E-state index is 0.0191. The number of aromatic nitrogens is 1. The highest BCUT2D eigenvalue weighted by atomic mass is 32.1. The molecule has 2 N–H and O–H groups in total. The number of aliphatic hydroxyl groups excluding tert-OH is 1. The number of piperazine rings is 1. The van der Waals surface area contributed by atoms with Crippen LogP contribution in [0.1, 0.15) is 68.5 Å². The molecule has 8 atom stereocenters. The number of nitrogens with zero attached hydrogens (tertiary/aromatic N) is 3. The Balaban J connectivity index is 1.08. The normalized spacial score (nSPS) is 41.0. The van der Waals surface area contributed by atoms with E-state index < -0.39 is 11.0 Å². The van der Waals surface area contributed by atoms with Gasteiger partial charge in [0.1, 0.15) is 5.82 Å². The zero-order valence-corrected chi connectivity index (χ0v) is 28.5. The predicted molar refractivity (Wildman–Crippen MR) is 188 cm³/mol. The summed E-state index contributed by atoms with van der Waals surface area (Å²) in [6, 6.07) is 16.5. The highest BCUT2D eigenvalue weighted by Gasteiger charge is 2.74. The van der Waals surface area contributed by atoms with Crippen molar-refractivity contribution in [2.45, 2.75) is 70.5 Å². The lowest BCUT2D eigenvalue weighted by Crippen LogP contribution is -2.67. The summed E-state index contributed by atoms with van der Waals surface area (Å²) in [5.41, 5.74) is -0.926. The average molecular weight is 650 g/mol. The maximum absolute atomic E-state index is 15.0. The molecular weight excluding hydrogens is 603 g/mol. The quantitative estimate of drug-likeness (QED) is 0.232. The third-order valence-corrected chi connectivity index (χ3v) is 15.6. The molecule has 7 aliphatic rings. The molecule has 0 radical (unpaired) electrons. The summed E-state index contributed by atoms with van der Waals surface area (Å²) in [5.74, 6) is 1.68. The topological polar surface area (TPSA) is 76.9 Å². The molecule has 8 unspecified atom stereocenters. The molecule has 246 valence electrons. The predicted octanol–water partition coefficient (Wildman–Crippen LogP) is 6.89. The van der Waals surface area contributed by atoms with Crippen molar-refractivity contribution >= 4 is 33.0 Å². The van der Waals surface area contributed by atoms with Crippen molar-refractivity contribution in [3.63, 3.8) is 0 Å². The van der Waals surface area contributed by atoms with Crippen LogP contribution < -0.4 is 4.90 Å². The number of ketones is 1. The van der Waals surface area contributed by atoms with Gasteiger partial charge in [-0.1, -0.05) is 56.3 Å². The Labute approximate surface area is 282 Å². The number of Topliss-reactive ketones (excluding diaryl/α,β-unsaturated/α-hetero) is 1. The number of benzene rings is 1. The fraction of sp³-hybridized carbons (Fsp3) is 0.550. The van der Waals surface area contributed by atoms with Crippen molar-refractivity contribution in [3.8, 4) is 0 Å². The molecule has 3 aromatic rings. The summed E-state index contributed by atoms with van der Waals surface area (Å²) in [5, 5.41) is 25.0. The molecule has 2 spiro atoms. The Hall–Kier alpha value is -2.84. The van der Waals surface area contributed by atoms with Crippen molar-refractivity contribution in [1.29, 1.82) is 0 Å². The molecule has 3 heterocycles. The molecule has 1 aliphatic heterocycles. The Morgan fingerprint density at radius 2 is 1.68 bits per heavy atom. The maximum Gasteiger partial charge on any atom is 0.199 e. The van der Waals surface area contributed by atoms with E-state index in [-0.39, 0.29) is 34.1 Å². The van der Waals surface area contributed by atoms with Crippen LogP contribution in [0.25, 0.3) is 10.1 Å². The standard InChI is InChI=1S/C40H47N3O3S/c1-36-13-10-28(44)24-38(36)16-17-40(29(25-38)35(45)31-23-27-7-3-4-8-30(27)47-31)32(36)11-14-37(2)33(40)12-15-39(37,46)26-42-19-21-43(22-20-42)34-9-5-6-18-41-34/h3-9,16-18,23,25,28,32-33,44,46H,10-15,19-22,24,26H2,1-2H3. The Morgan fingerprint density at radius 3 is 2.47 bits per heavy atom. The van der Waals surface area contributed by atoms with Crippen LogP contribution in [0.15, 0.2) is 78.5 Å². The van der Waals surface area contributed by atoms with E-state index in [1.165, 1.54) is 0 Å². The van der Waals surface area contributed by atoms with E-state index in [0.29, 0.717) is 18.9 Å². The monoisotopic (exact) mass is 649 g/mol. The number of carbonyl (C=O) groups excluding carboxylic acids is 1. The van der Waals surface area contributed by atoms with Crippen LogP contribution >= 0.6 is 11.3 Å². The lowest BCUT2D eigenvalue weighted by molar-refractivity contribution is -0.176. The third kappa shape index (κ3) is 4.06. The number of aliphatic hydroxyl groups is 2. The van der Waals surface area contributed by atoms with E-state index in [0.717, 1.165) is 91.1 Å². The lowest BCUT2D eigenvalue weighted by atomic mass is 9.32. The first-order chi connectivity index (χ1) is 22.6. The molecule has 47 heavy (non-hydrogen) atoms. The summed E-state index contributed by atoms with van der Waals surface area (Å²) in [6.45, 7) is 9.13. The second-order valence-electron chi connectivity index (χ2n) is 16.2. The molecule has 4 fully saturated rings. The van der Waals surface area contributed by atoms with Crippen LogP contribution in [0, 0.1) is 33.5 Å². The van der Waals surface area contributed by atoms with Gasteiger partial charge in [0.05, 0.1) is 16.6 Å². The van der Waals surface area contributed by atoms with Gasteiger partial charge in [-0.15, -0.1) is 11.3 Å². The van der Waals surface area contributed by atoms with Crippen molar-refractivity contribution < 1.29 is 15.0 Å². The molecule has 10 rings (SSSR count). The zero-order valence-electron chi connectivity index (χ0n) is 27.7. The van der Waals surface area contributed by atoms with Crippen LogP contribution in [0.3, 0.4) is 0 Å². The number of pyridine rings is 1. The number of allylic oxidation sites excluding steroid dienone is 4. The molecule has 3 saturated carbocycles. The number of hydrogen-bond donors (Lipinski definition) is 2. The largest absolute Gasteiger partial charge is 0.393 e. The summed E-state index contributed by atoms with van der Waals surface area (Å²) in [7, 11) is 0. The van der Waals surface area contributed by atoms with Gasteiger partial charge in [0.15, 0.2) is 5.78 Å². The first kappa shape index (κ1) is 30.2. The molecule has 2 aromatic heterocycles. The first-order valence-corrected chi connectivity index (χ1v) is 18.7. The van der Waals surface area contributed by atoms with Gasteiger partial charge >= 0.3 is 0 Å². The molecule has 7 heteroatoms. The smallest absolute Gasteiger partial charge is 0.199 e. The molecule has 2 bridgehead atoms. The van der Waals surface area contributed by atoms with E-state index in [2.05, 4.69) is 71.1 Å². The van der Waals surface area contributed by atoms with Gasteiger partial charge in [-0.25, -0.2) is 4.98 Å². The molecule has 6 aliphatic carbocycles. The van der Waals surface area contributed by atoms with E-state index >= 15 is 0 Å². The zero-order chi connectivity index (χ0) is 32.2. The Morgan fingerprint density at radius 1 is 0.936 bits per heavy atom. The number of fused-ring (bicyclic) bond motifs is 2. The van der Waals surface area contributed by atoms with E-state index in [1.54, 1.807) is 11.3 Å². The SMILES string of the molecule is CC12CCC(O)CC13C=CC1(C(C(=O)c4cc5ccccc5s4)=C3)C2CCC2(C)C1CCC2(O)CN1CCN(c2ccccn2)CC1. The third-order valence-electron chi connectivity index (χ3n) is 14.4. The molecule has 1 aromatic carbocycles. The van der Waals surface area contributed by atoms with E-state index in [4.69, 9.17) is 0 Å². The molecule has 6 nitrogen and oxygen atoms in total. The van der Waals surface area contributed by atoms with E-state index in [1.807, 2.05) is 30.5 Å². The highest BCUT2D eigenvalue weighted by molar-refractivity contribution is 7.21. The minimum Gasteiger partial charge on any atom is -0.393 e. The van der Waals surface area contributed by atoms with Gasteiger partial charge in [0.2, 0.25) is 0 Å². The number of anilines is 1. The van der Waals surface area contributed by atoms with Gasteiger partial charge in [0.25, 0.3) is 0 Å². The maximum atomic E-state index is 15.0. The van der Waals surface area contributed by atoms with Gasteiger partial charge < -0.3 is 15.1 Å². The number of carbonyl (C=O) groups is 1. The van der Waals surface area contributed by atoms with Crippen molar-refractivity contribution in [2.24, 2.45) is 33.5 Å². The number of β-amino-alcohol motifs (C(OH)–C–C–N with tert-alkyl or cyclic N) is 1. The van der Waals surface area contributed by atoms with Gasteiger partial charge in [-0.05, 0) is 91.8 Å². The lowest BCUT2D eigenvalue weighted by Gasteiger charge is -2.71. The van der Waals surface area contributed by atoms with Crippen LogP contribution in [-0.2, 0) is 0 Å². The fourth-order valence-electron chi connectivity index (χ4n) is 11.9. The molecular formula is C40H47N3O3S. The number of rotatable bonds is 5. The number of hydrogen-bond acceptors (Lipinski definition) is 7. The summed E-state index contributed by atoms with van der Waals surface area (Å²) in [4.78, 5) is 25.2. The molecule has 1 saturated heterocycles. The van der Waals surface area contributed by atoms with Crippen LogP contribution in [0.5, 0.6) is 0 Å². The van der Waals surface area contributed by atoms with Gasteiger partial charge in [0, 0.05) is 65.4 Å². The van der Waals surface area contributed by atoms with Crippen molar-refractivity contribution in [3.05, 3.63) is 83.4 Å². The van der Waals surface area contributed by atoms with Crippen molar-refractivity contribution in [2.75, 3.05) is 37.6 Å². The van der Waals surface area contributed by atoms with Crippen LogP contribution in [-0.4, -0.2) is 70.3 Å². The second kappa shape index (κ2) is 10.3. The minimum atomic E-state index is -0.820. The van der Waals surface area contributed by atoms with Gasteiger partial charge in [-0.3, -0.25) is 9.69 Å². The highest BCUT2D eigenvalue weighted by Crippen LogP contribution is 2.78. The summed E-state index contributed by atoms with van der Waals surface area (Å²) in [6.07, 6.45) is 14.8. The Kier molecular flexibility index (Phi) is 6.65. The molecule has 0 amide bonds. The summed E-state index contributed by atoms with van der Waals surface area (Å²) < 4.78 is 1.14. The van der Waals surface area contributed by atoms with E-state index in [9.17, 15) is 15.0 Å². The summed E-state index contributed by atoms with van der Waals surface area (Å²) >= 11 is 1.61. The fourth-order valence-corrected chi connectivity index (χ4v) is 12.9.